The van der Waals surface area contributed by atoms with E-state index < -0.39 is 0 Å². The molecule has 0 bridgehead atoms. The van der Waals surface area contributed by atoms with E-state index in [1.807, 2.05) is 25.1 Å². The highest BCUT2D eigenvalue weighted by Gasteiger charge is 2.42. The topological polar surface area (TPSA) is 62.3 Å². The van der Waals surface area contributed by atoms with E-state index in [0.717, 1.165) is 37.1 Å². The van der Waals surface area contributed by atoms with E-state index in [1.54, 1.807) is 0 Å². The summed E-state index contributed by atoms with van der Waals surface area (Å²) >= 11 is 0. The number of nitrogens with zero attached hydrogens (tertiary/aromatic N) is 2. The lowest BCUT2D eigenvalue weighted by Gasteiger charge is -2.22. The molecule has 5 heteroatoms. The third kappa shape index (κ3) is 2.97. The summed E-state index contributed by atoms with van der Waals surface area (Å²) < 4.78 is 0. The van der Waals surface area contributed by atoms with Crippen LogP contribution in [0.4, 0.5) is 0 Å². The minimum atomic E-state index is -0.389. The molecule has 1 aromatic heterocycles. The summed E-state index contributed by atoms with van der Waals surface area (Å²) in [5, 5.41) is 3.18. The second-order valence-electron chi connectivity index (χ2n) is 5.95. The number of amides is 2. The van der Waals surface area contributed by atoms with Gasteiger partial charge in [0.05, 0.1) is 18.2 Å². The van der Waals surface area contributed by atoms with Crippen LogP contribution in [-0.2, 0) is 16.1 Å². The molecule has 1 saturated carbocycles. The molecule has 2 amide bonds. The predicted molar refractivity (Wildman–Crippen MR) is 78.3 cm³/mol. The maximum absolute atomic E-state index is 12.4. The molecule has 0 spiro atoms. The van der Waals surface area contributed by atoms with Gasteiger partial charge in [0, 0.05) is 18.3 Å². The molecular weight excluding hydrogens is 266 g/mol. The van der Waals surface area contributed by atoms with Gasteiger partial charge in [-0.15, -0.1) is 0 Å². The molecule has 2 fully saturated rings. The highest BCUT2D eigenvalue weighted by atomic mass is 16.2. The van der Waals surface area contributed by atoms with Crippen LogP contribution < -0.4 is 5.32 Å². The molecule has 0 radical (unpaired) electrons. The fourth-order valence-electron chi connectivity index (χ4n) is 3.28. The fraction of sp³-hybridized carbons (Fsp3) is 0.562. The van der Waals surface area contributed by atoms with Gasteiger partial charge in [-0.25, -0.2) is 0 Å². The van der Waals surface area contributed by atoms with Crippen LogP contribution in [0.3, 0.4) is 0 Å². The van der Waals surface area contributed by atoms with Crippen molar-refractivity contribution in [3.05, 3.63) is 29.6 Å². The van der Waals surface area contributed by atoms with Gasteiger partial charge in [-0.1, -0.05) is 18.9 Å². The summed E-state index contributed by atoms with van der Waals surface area (Å²) in [6.45, 7) is 2.46. The molecule has 3 rings (SSSR count). The van der Waals surface area contributed by atoms with E-state index in [1.165, 1.54) is 4.90 Å². The summed E-state index contributed by atoms with van der Waals surface area (Å²) in [6.07, 6.45) is 4.44. The largest absolute Gasteiger partial charge is 0.300 e. The van der Waals surface area contributed by atoms with Gasteiger partial charge in [0.15, 0.2) is 0 Å². The summed E-state index contributed by atoms with van der Waals surface area (Å²) in [4.78, 5) is 30.4. The minimum absolute atomic E-state index is 0.0263. The molecule has 0 aromatic carbocycles. The first-order valence-corrected chi connectivity index (χ1v) is 7.67. The standard InChI is InChI=1S/C16H21N3O2/c1-11-5-4-6-12(18-11)10-17-14-9-15(20)19(16(14)21)13-7-2-3-8-13/h4-6,13-14,17H,2-3,7-10H2,1H3. The third-order valence-corrected chi connectivity index (χ3v) is 4.35. The van der Waals surface area contributed by atoms with Crippen LogP contribution in [0.1, 0.15) is 43.5 Å². The zero-order chi connectivity index (χ0) is 14.8. The van der Waals surface area contributed by atoms with Crippen molar-refractivity contribution in [2.24, 2.45) is 0 Å². The Morgan fingerprint density at radius 3 is 2.76 bits per heavy atom. The van der Waals surface area contributed by atoms with Crippen molar-refractivity contribution in [1.82, 2.24) is 15.2 Å². The van der Waals surface area contributed by atoms with E-state index in [9.17, 15) is 9.59 Å². The Morgan fingerprint density at radius 2 is 2.05 bits per heavy atom. The lowest BCUT2D eigenvalue weighted by atomic mass is 10.2. The molecule has 1 atom stereocenters. The number of pyridine rings is 1. The Morgan fingerprint density at radius 1 is 1.29 bits per heavy atom. The number of carbonyl (C=O) groups excluding carboxylic acids is 2. The normalized spacial score (nSPS) is 23.3. The number of hydrogen-bond donors (Lipinski definition) is 1. The zero-order valence-electron chi connectivity index (χ0n) is 12.3. The monoisotopic (exact) mass is 287 g/mol. The van der Waals surface area contributed by atoms with Crippen molar-refractivity contribution in [3.8, 4) is 0 Å². The molecule has 1 aliphatic carbocycles. The van der Waals surface area contributed by atoms with Crippen LogP contribution in [0.25, 0.3) is 0 Å². The molecule has 5 nitrogen and oxygen atoms in total. The van der Waals surface area contributed by atoms with Crippen molar-refractivity contribution in [2.75, 3.05) is 0 Å². The van der Waals surface area contributed by atoms with Gasteiger partial charge in [0.25, 0.3) is 0 Å². The van der Waals surface area contributed by atoms with Crippen LogP contribution in [0.5, 0.6) is 0 Å². The highest BCUT2D eigenvalue weighted by molar-refractivity contribution is 6.05. The Labute approximate surface area is 124 Å². The summed E-state index contributed by atoms with van der Waals surface area (Å²) in [5.74, 6) is -0.0823. The molecule has 2 aliphatic rings. The van der Waals surface area contributed by atoms with E-state index in [0.29, 0.717) is 6.54 Å². The van der Waals surface area contributed by atoms with Crippen molar-refractivity contribution in [3.63, 3.8) is 0 Å². The second kappa shape index (κ2) is 5.93. The van der Waals surface area contributed by atoms with Crippen molar-refractivity contribution < 1.29 is 9.59 Å². The maximum Gasteiger partial charge on any atom is 0.247 e. The Bertz CT molecular complexity index is 552. The van der Waals surface area contributed by atoms with E-state index in [-0.39, 0.29) is 30.3 Å². The van der Waals surface area contributed by atoms with E-state index in [4.69, 9.17) is 0 Å². The summed E-state index contributed by atoms with van der Waals surface area (Å²) in [7, 11) is 0. The minimum Gasteiger partial charge on any atom is -0.300 e. The average molecular weight is 287 g/mol. The van der Waals surface area contributed by atoms with E-state index in [2.05, 4.69) is 10.3 Å². The number of carbonyl (C=O) groups is 2. The molecule has 1 N–H and O–H groups in total. The first kappa shape index (κ1) is 14.2. The number of imide groups is 1. The maximum atomic E-state index is 12.4. The Balaban J connectivity index is 1.62. The molecule has 1 aromatic rings. The molecule has 1 unspecified atom stereocenters. The van der Waals surface area contributed by atoms with Gasteiger partial charge in [-0.05, 0) is 31.9 Å². The van der Waals surface area contributed by atoms with Crippen molar-refractivity contribution >= 4 is 11.8 Å². The molecular formula is C16H21N3O2. The average Bonchev–Trinajstić information content (AvgIpc) is 3.05. The Hall–Kier alpha value is -1.75. The van der Waals surface area contributed by atoms with Gasteiger partial charge in [-0.2, -0.15) is 0 Å². The summed E-state index contributed by atoms with van der Waals surface area (Å²) in [6, 6.07) is 5.56. The van der Waals surface area contributed by atoms with Crippen molar-refractivity contribution in [1.29, 1.82) is 0 Å². The molecule has 1 saturated heterocycles. The van der Waals surface area contributed by atoms with Gasteiger partial charge in [-0.3, -0.25) is 24.8 Å². The van der Waals surface area contributed by atoms with Gasteiger partial charge in [0.1, 0.15) is 0 Å². The van der Waals surface area contributed by atoms with Gasteiger partial charge < -0.3 is 0 Å². The number of nitrogens with one attached hydrogen (secondary N) is 1. The van der Waals surface area contributed by atoms with Crippen LogP contribution in [0, 0.1) is 6.92 Å². The number of aryl methyl sites for hydroxylation is 1. The van der Waals surface area contributed by atoms with Crippen LogP contribution >= 0.6 is 0 Å². The molecule has 112 valence electrons. The number of likely N-dealkylation sites (tertiary alicyclic amines) is 1. The molecule has 1 aliphatic heterocycles. The molecule has 2 heterocycles. The number of hydrogen-bond acceptors (Lipinski definition) is 4. The summed E-state index contributed by atoms with van der Waals surface area (Å²) in [5.41, 5.74) is 1.85. The molecule has 21 heavy (non-hydrogen) atoms. The second-order valence-corrected chi connectivity index (χ2v) is 5.95. The van der Waals surface area contributed by atoms with Gasteiger partial charge in [0.2, 0.25) is 11.8 Å². The van der Waals surface area contributed by atoms with Crippen LogP contribution in [0.15, 0.2) is 18.2 Å². The zero-order valence-corrected chi connectivity index (χ0v) is 12.3. The first-order valence-electron chi connectivity index (χ1n) is 7.67. The first-order chi connectivity index (χ1) is 10.1. The highest BCUT2D eigenvalue weighted by Crippen LogP contribution is 2.28. The van der Waals surface area contributed by atoms with Gasteiger partial charge >= 0.3 is 0 Å². The number of rotatable bonds is 4. The third-order valence-electron chi connectivity index (χ3n) is 4.35. The van der Waals surface area contributed by atoms with Crippen molar-refractivity contribution in [2.45, 2.75) is 57.7 Å². The van der Waals surface area contributed by atoms with Crippen LogP contribution in [-0.4, -0.2) is 33.8 Å². The Kier molecular flexibility index (Phi) is 4.01. The lowest BCUT2D eigenvalue weighted by molar-refractivity contribution is -0.141. The number of aromatic nitrogens is 1. The smallest absolute Gasteiger partial charge is 0.247 e. The lowest BCUT2D eigenvalue weighted by Crippen LogP contribution is -2.42. The van der Waals surface area contributed by atoms with E-state index >= 15 is 0 Å². The quantitative estimate of drug-likeness (QED) is 0.854. The van der Waals surface area contributed by atoms with Crippen LogP contribution in [0.2, 0.25) is 0 Å². The SMILES string of the molecule is Cc1cccc(CNC2CC(=O)N(C3CCCC3)C2=O)n1. The fourth-order valence-corrected chi connectivity index (χ4v) is 3.28. The predicted octanol–water partition coefficient (Wildman–Crippen LogP) is 1.55.